The molecule has 0 N–H and O–H groups in total. The molecular formula is C66H54N4. The normalized spacial score (nSPS) is 15.3. The second-order valence-electron chi connectivity index (χ2n) is 20.5. The zero-order chi connectivity index (χ0) is 45.9. The number of aromatic nitrogens is 2. The average molecular weight is 903 g/mol. The lowest BCUT2D eigenvalue weighted by Gasteiger charge is -2.28. The van der Waals surface area contributed by atoms with Crippen molar-refractivity contribution in [3.8, 4) is 0 Å². The van der Waals surface area contributed by atoms with Crippen LogP contribution in [0.1, 0.15) is 87.2 Å². The third-order valence-corrected chi connectivity index (χ3v) is 16.7. The Morgan fingerprint density at radius 2 is 0.671 bits per heavy atom. The lowest BCUT2D eigenvalue weighted by molar-refractivity contribution is 0.443. The minimum absolute atomic E-state index is 0.665. The van der Waals surface area contributed by atoms with Crippen molar-refractivity contribution < 1.29 is 0 Å². The van der Waals surface area contributed by atoms with Gasteiger partial charge in [-0.2, -0.15) is 0 Å². The standard InChI is InChI=1S/C66H54N4/c1-5-17-43(18-6-1)45-29-33-49(34-30-45)67(47-21-9-3-10-22-47)59-39-37-51-55-41-62-56(42-61(55)69-57-27-15-13-25-53(57)63(59)65(51)69)52-38-40-60(64-54-26-14-16-28-58(54)70(62)66(52)64)68(48-23-11-4-12-24-48)50-35-31-46(32-36-50)44-19-7-2-8-20-44/h3-4,9-16,21-44H,1-2,5-8,17-20H2. The third kappa shape index (κ3) is 5.95. The van der Waals surface area contributed by atoms with Gasteiger partial charge >= 0.3 is 0 Å². The van der Waals surface area contributed by atoms with Gasteiger partial charge in [0.2, 0.25) is 0 Å². The highest BCUT2D eigenvalue weighted by Crippen LogP contribution is 2.51. The van der Waals surface area contributed by atoms with Crippen LogP contribution >= 0.6 is 0 Å². The molecule has 2 aliphatic rings. The fourth-order valence-corrected chi connectivity index (χ4v) is 13.5. The molecule has 13 aromatic rings. The molecule has 0 bridgehead atoms. The summed E-state index contributed by atoms with van der Waals surface area (Å²) in [6.45, 7) is 0. The van der Waals surface area contributed by atoms with Gasteiger partial charge in [0, 0.05) is 65.8 Å². The summed E-state index contributed by atoms with van der Waals surface area (Å²) in [5.41, 5.74) is 17.6. The zero-order valence-corrected chi connectivity index (χ0v) is 39.5. The molecule has 4 aromatic heterocycles. The molecule has 0 atom stereocenters. The van der Waals surface area contributed by atoms with Crippen LogP contribution in [0.3, 0.4) is 0 Å². The highest BCUT2D eigenvalue weighted by Gasteiger charge is 2.28. The Morgan fingerprint density at radius 1 is 0.300 bits per heavy atom. The Morgan fingerprint density at radius 3 is 1.09 bits per heavy atom. The predicted octanol–water partition coefficient (Wildman–Crippen LogP) is 19.0. The quantitative estimate of drug-likeness (QED) is 0.151. The monoisotopic (exact) mass is 902 g/mol. The lowest BCUT2D eigenvalue weighted by atomic mass is 9.84. The van der Waals surface area contributed by atoms with Gasteiger partial charge in [-0.25, -0.2) is 0 Å². The summed E-state index contributed by atoms with van der Waals surface area (Å²) in [5.74, 6) is 1.33. The summed E-state index contributed by atoms with van der Waals surface area (Å²) < 4.78 is 5.14. The van der Waals surface area contributed by atoms with Crippen LogP contribution in [-0.4, -0.2) is 8.80 Å². The van der Waals surface area contributed by atoms with Gasteiger partial charge in [-0.1, -0.05) is 148 Å². The molecule has 0 unspecified atom stereocenters. The van der Waals surface area contributed by atoms with Crippen LogP contribution in [0.2, 0.25) is 0 Å². The van der Waals surface area contributed by atoms with E-state index in [1.807, 2.05) is 0 Å². The van der Waals surface area contributed by atoms with Crippen molar-refractivity contribution in [2.24, 2.45) is 0 Å². The summed E-state index contributed by atoms with van der Waals surface area (Å²) in [4.78, 5) is 4.98. The average Bonchev–Trinajstić information content (AvgIpc) is 4.16. The van der Waals surface area contributed by atoms with E-state index in [0.29, 0.717) is 11.8 Å². The van der Waals surface area contributed by atoms with Crippen LogP contribution in [0.15, 0.2) is 194 Å². The Hall–Kier alpha value is -7.82. The largest absolute Gasteiger partial charge is 0.310 e. The number of anilines is 6. The van der Waals surface area contributed by atoms with Gasteiger partial charge in [-0.15, -0.1) is 0 Å². The molecule has 0 aliphatic heterocycles. The first kappa shape index (κ1) is 40.1. The summed E-state index contributed by atoms with van der Waals surface area (Å²) >= 11 is 0. The van der Waals surface area contributed by atoms with E-state index >= 15 is 0 Å². The smallest absolute Gasteiger partial charge is 0.0641 e. The van der Waals surface area contributed by atoms with E-state index < -0.39 is 0 Å². The second kappa shape index (κ2) is 15.9. The second-order valence-corrected chi connectivity index (χ2v) is 20.5. The van der Waals surface area contributed by atoms with Crippen molar-refractivity contribution in [2.75, 3.05) is 9.80 Å². The Labute approximate surface area is 408 Å². The number of fused-ring (bicyclic) bond motifs is 12. The van der Waals surface area contributed by atoms with Gasteiger partial charge in [-0.05, 0) is 134 Å². The minimum Gasteiger partial charge on any atom is -0.310 e. The molecule has 15 rings (SSSR count). The van der Waals surface area contributed by atoms with E-state index in [2.05, 4.69) is 213 Å². The van der Waals surface area contributed by atoms with E-state index in [1.165, 1.54) is 174 Å². The first-order valence-corrected chi connectivity index (χ1v) is 26.0. The molecular weight excluding hydrogens is 849 g/mol. The van der Waals surface area contributed by atoms with Gasteiger partial charge in [0.25, 0.3) is 0 Å². The molecule has 0 amide bonds. The lowest BCUT2D eigenvalue weighted by Crippen LogP contribution is -2.11. The van der Waals surface area contributed by atoms with Crippen molar-refractivity contribution in [1.82, 2.24) is 8.80 Å². The van der Waals surface area contributed by atoms with Crippen molar-refractivity contribution in [1.29, 1.82) is 0 Å². The van der Waals surface area contributed by atoms with Gasteiger partial charge in [0.15, 0.2) is 0 Å². The van der Waals surface area contributed by atoms with E-state index in [-0.39, 0.29) is 0 Å². The summed E-state index contributed by atoms with van der Waals surface area (Å²) in [6.07, 6.45) is 13.3. The molecule has 338 valence electrons. The Bertz CT molecular complexity index is 3790. The van der Waals surface area contributed by atoms with E-state index in [4.69, 9.17) is 0 Å². The van der Waals surface area contributed by atoms with Crippen molar-refractivity contribution in [2.45, 2.75) is 76.0 Å². The molecule has 2 fully saturated rings. The molecule has 2 aliphatic carbocycles. The molecule has 0 spiro atoms. The number of para-hydroxylation sites is 4. The number of rotatable bonds is 8. The van der Waals surface area contributed by atoms with Crippen LogP contribution in [0.25, 0.3) is 76.2 Å². The van der Waals surface area contributed by atoms with Gasteiger partial charge in [0.05, 0.1) is 44.5 Å². The van der Waals surface area contributed by atoms with E-state index in [1.54, 1.807) is 0 Å². The summed E-state index contributed by atoms with van der Waals surface area (Å²) in [5, 5.41) is 10.3. The maximum Gasteiger partial charge on any atom is 0.0641 e. The first-order chi connectivity index (χ1) is 34.8. The van der Waals surface area contributed by atoms with Gasteiger partial charge in [0.1, 0.15) is 0 Å². The van der Waals surface area contributed by atoms with Crippen molar-refractivity contribution >= 4 is 110 Å². The Kier molecular flexibility index (Phi) is 9.09. The van der Waals surface area contributed by atoms with Gasteiger partial charge < -0.3 is 18.6 Å². The van der Waals surface area contributed by atoms with Crippen LogP contribution < -0.4 is 9.80 Å². The molecule has 4 heterocycles. The molecule has 0 saturated heterocycles. The fourth-order valence-electron chi connectivity index (χ4n) is 13.5. The fraction of sp³-hybridized carbons (Fsp3) is 0.182. The maximum absolute atomic E-state index is 2.57. The first-order valence-electron chi connectivity index (χ1n) is 26.0. The Balaban J connectivity index is 0.950. The molecule has 9 aromatic carbocycles. The predicted molar refractivity (Wildman–Crippen MR) is 297 cm³/mol. The zero-order valence-electron chi connectivity index (χ0n) is 39.5. The third-order valence-electron chi connectivity index (χ3n) is 16.7. The highest BCUT2D eigenvalue weighted by atomic mass is 15.2. The van der Waals surface area contributed by atoms with Crippen molar-refractivity contribution in [3.63, 3.8) is 0 Å². The molecule has 4 heteroatoms. The molecule has 2 saturated carbocycles. The SMILES string of the molecule is c1ccc(N(c2ccc(C3CCCCC3)cc2)c2ccc3c4cc5c(cc4n4c6ccccc6c2c34)c2ccc(N(c3ccccc3)c3ccc(C4CCCCC4)cc3)c3c4ccccc4n5c23)cc1. The van der Waals surface area contributed by atoms with Crippen LogP contribution in [0, 0.1) is 0 Å². The molecule has 4 nitrogen and oxygen atoms in total. The minimum atomic E-state index is 0.665. The number of hydrogen-bond donors (Lipinski definition) is 0. The number of nitrogens with zero attached hydrogens (tertiary/aromatic N) is 4. The number of benzene rings is 9. The van der Waals surface area contributed by atoms with Crippen LogP contribution in [0.4, 0.5) is 34.1 Å². The van der Waals surface area contributed by atoms with E-state index in [9.17, 15) is 0 Å². The molecule has 70 heavy (non-hydrogen) atoms. The topological polar surface area (TPSA) is 15.3 Å². The molecule has 0 radical (unpaired) electrons. The maximum atomic E-state index is 2.57. The highest BCUT2D eigenvalue weighted by molar-refractivity contribution is 6.32. The summed E-state index contributed by atoms with van der Waals surface area (Å²) in [6, 6.07) is 73.7. The van der Waals surface area contributed by atoms with Gasteiger partial charge in [-0.3, -0.25) is 0 Å². The number of hydrogen-bond acceptors (Lipinski definition) is 2. The van der Waals surface area contributed by atoms with Crippen LogP contribution in [0.5, 0.6) is 0 Å². The summed E-state index contributed by atoms with van der Waals surface area (Å²) in [7, 11) is 0. The van der Waals surface area contributed by atoms with Crippen LogP contribution in [-0.2, 0) is 0 Å². The van der Waals surface area contributed by atoms with E-state index in [0.717, 1.165) is 11.4 Å². The van der Waals surface area contributed by atoms with Crippen molar-refractivity contribution in [3.05, 3.63) is 205 Å².